The zero-order valence-corrected chi connectivity index (χ0v) is 15.6. The van der Waals surface area contributed by atoms with Gasteiger partial charge in [-0.1, -0.05) is 72.3 Å². The Morgan fingerprint density at radius 3 is 2.48 bits per heavy atom. The highest BCUT2D eigenvalue weighted by Crippen LogP contribution is 2.47. The van der Waals surface area contributed by atoms with E-state index in [2.05, 4.69) is 79.5 Å². The van der Waals surface area contributed by atoms with Crippen molar-refractivity contribution in [3.05, 3.63) is 101 Å². The SMILES string of the molecule is Cc1ccc([C@@H]2Oc3ccccc3[C@H]3CC(c4ccccc4)=NN32)c(C)c1. The molecule has 3 aromatic carbocycles. The molecule has 0 unspecified atom stereocenters. The fourth-order valence-corrected chi connectivity index (χ4v) is 4.15. The number of fused-ring (bicyclic) bond motifs is 3. The molecule has 3 aromatic rings. The average Bonchev–Trinajstić information content (AvgIpc) is 3.14. The molecule has 0 aliphatic carbocycles. The molecule has 2 atom stereocenters. The number of rotatable bonds is 2. The highest BCUT2D eigenvalue weighted by atomic mass is 16.5. The van der Waals surface area contributed by atoms with Crippen molar-refractivity contribution in [2.45, 2.75) is 32.5 Å². The average molecular weight is 354 g/mol. The standard InChI is InChI=1S/C24H22N2O/c1-16-12-13-19(17(2)14-16)24-26-22(20-10-6-7-11-23(20)27-24)15-21(25-26)18-8-4-3-5-9-18/h3-14,22,24H,15H2,1-2H3/t22-,24+/m1/s1. The molecule has 0 aromatic heterocycles. The summed E-state index contributed by atoms with van der Waals surface area (Å²) in [6.45, 7) is 4.28. The van der Waals surface area contributed by atoms with Crippen molar-refractivity contribution >= 4 is 5.71 Å². The monoisotopic (exact) mass is 354 g/mol. The van der Waals surface area contributed by atoms with Crippen molar-refractivity contribution in [2.24, 2.45) is 5.10 Å². The van der Waals surface area contributed by atoms with Gasteiger partial charge in [-0.25, -0.2) is 5.01 Å². The fraction of sp³-hybridized carbons (Fsp3) is 0.208. The summed E-state index contributed by atoms with van der Waals surface area (Å²) in [5.74, 6) is 0.966. The van der Waals surface area contributed by atoms with Crippen LogP contribution in [0.25, 0.3) is 0 Å². The van der Waals surface area contributed by atoms with Gasteiger partial charge in [-0.05, 0) is 31.0 Å². The first-order valence-electron chi connectivity index (χ1n) is 9.45. The Bertz CT molecular complexity index is 1030. The zero-order chi connectivity index (χ0) is 18.4. The van der Waals surface area contributed by atoms with Crippen LogP contribution >= 0.6 is 0 Å². The van der Waals surface area contributed by atoms with Gasteiger partial charge in [0.25, 0.3) is 0 Å². The maximum atomic E-state index is 6.46. The predicted molar refractivity (Wildman–Crippen MR) is 108 cm³/mol. The van der Waals surface area contributed by atoms with Gasteiger partial charge in [-0.2, -0.15) is 5.10 Å². The van der Waals surface area contributed by atoms with E-state index in [1.165, 1.54) is 27.8 Å². The highest BCUT2D eigenvalue weighted by Gasteiger charge is 2.41. The van der Waals surface area contributed by atoms with E-state index in [9.17, 15) is 0 Å². The second-order valence-electron chi connectivity index (χ2n) is 7.38. The molecular formula is C24H22N2O. The Labute approximate surface area is 159 Å². The molecule has 5 rings (SSSR count). The van der Waals surface area contributed by atoms with Crippen LogP contribution in [-0.2, 0) is 0 Å². The van der Waals surface area contributed by atoms with Crippen LogP contribution in [0.1, 0.15) is 46.5 Å². The largest absolute Gasteiger partial charge is 0.464 e. The molecule has 27 heavy (non-hydrogen) atoms. The molecule has 3 nitrogen and oxygen atoms in total. The zero-order valence-electron chi connectivity index (χ0n) is 15.6. The van der Waals surface area contributed by atoms with Crippen LogP contribution in [0.3, 0.4) is 0 Å². The second-order valence-corrected chi connectivity index (χ2v) is 7.38. The fourth-order valence-electron chi connectivity index (χ4n) is 4.15. The number of benzene rings is 3. The first-order chi connectivity index (χ1) is 13.2. The quantitative estimate of drug-likeness (QED) is 0.603. The van der Waals surface area contributed by atoms with Crippen molar-refractivity contribution in [2.75, 3.05) is 0 Å². The molecule has 2 aliphatic rings. The summed E-state index contributed by atoms with van der Waals surface area (Å²) >= 11 is 0. The lowest BCUT2D eigenvalue weighted by molar-refractivity contribution is -0.0194. The van der Waals surface area contributed by atoms with E-state index in [1.54, 1.807) is 0 Å². The van der Waals surface area contributed by atoms with Gasteiger partial charge in [0.1, 0.15) is 5.75 Å². The topological polar surface area (TPSA) is 24.8 Å². The van der Waals surface area contributed by atoms with Gasteiger partial charge < -0.3 is 4.74 Å². The smallest absolute Gasteiger partial charge is 0.214 e. The molecule has 134 valence electrons. The molecule has 2 heterocycles. The Hall–Kier alpha value is -3.07. The van der Waals surface area contributed by atoms with Crippen LogP contribution in [0.5, 0.6) is 5.75 Å². The number of hydrazone groups is 1. The maximum absolute atomic E-state index is 6.46. The normalized spacial score (nSPS) is 20.5. The number of hydrogen-bond acceptors (Lipinski definition) is 3. The summed E-state index contributed by atoms with van der Waals surface area (Å²) in [6.07, 6.45) is 0.693. The van der Waals surface area contributed by atoms with Crippen molar-refractivity contribution < 1.29 is 4.74 Å². The van der Waals surface area contributed by atoms with E-state index in [4.69, 9.17) is 9.84 Å². The lowest BCUT2D eigenvalue weighted by Gasteiger charge is -2.38. The van der Waals surface area contributed by atoms with Crippen molar-refractivity contribution in [1.82, 2.24) is 5.01 Å². The van der Waals surface area contributed by atoms with Crippen LogP contribution in [0.4, 0.5) is 0 Å². The minimum atomic E-state index is -0.202. The number of nitrogens with zero attached hydrogens (tertiary/aromatic N) is 2. The minimum absolute atomic E-state index is 0.202. The van der Waals surface area contributed by atoms with E-state index in [1.807, 2.05) is 12.1 Å². The van der Waals surface area contributed by atoms with Crippen LogP contribution in [0.15, 0.2) is 77.9 Å². The predicted octanol–water partition coefficient (Wildman–Crippen LogP) is 5.55. The van der Waals surface area contributed by atoms with Crippen LogP contribution in [0.2, 0.25) is 0 Å². The molecule has 0 saturated heterocycles. The number of hydrogen-bond donors (Lipinski definition) is 0. The first-order valence-corrected chi connectivity index (χ1v) is 9.45. The molecule has 0 bridgehead atoms. The van der Waals surface area contributed by atoms with Crippen molar-refractivity contribution in [3.63, 3.8) is 0 Å². The van der Waals surface area contributed by atoms with Crippen LogP contribution < -0.4 is 4.74 Å². The number of para-hydroxylation sites is 1. The third-order valence-corrected chi connectivity index (χ3v) is 5.50. The molecule has 2 aliphatic heterocycles. The van der Waals surface area contributed by atoms with E-state index in [-0.39, 0.29) is 12.3 Å². The maximum Gasteiger partial charge on any atom is 0.214 e. The van der Waals surface area contributed by atoms with Gasteiger partial charge in [-0.15, -0.1) is 0 Å². The third kappa shape index (κ3) is 2.71. The summed E-state index contributed by atoms with van der Waals surface area (Å²) in [4.78, 5) is 0. The molecule has 0 spiro atoms. The molecular weight excluding hydrogens is 332 g/mol. The van der Waals surface area contributed by atoms with Crippen LogP contribution in [0, 0.1) is 13.8 Å². The molecule has 0 fully saturated rings. The lowest BCUT2D eigenvalue weighted by atomic mass is 9.95. The van der Waals surface area contributed by atoms with E-state index in [0.717, 1.165) is 17.9 Å². The molecule has 0 amide bonds. The summed E-state index contributed by atoms with van der Waals surface area (Å²) in [7, 11) is 0. The summed E-state index contributed by atoms with van der Waals surface area (Å²) in [5, 5.41) is 7.18. The van der Waals surface area contributed by atoms with Gasteiger partial charge in [-0.3, -0.25) is 0 Å². The third-order valence-electron chi connectivity index (χ3n) is 5.50. The summed E-state index contributed by atoms with van der Waals surface area (Å²) in [6, 6.07) is 25.6. The highest BCUT2D eigenvalue weighted by molar-refractivity contribution is 6.01. The Kier molecular flexibility index (Phi) is 3.75. The van der Waals surface area contributed by atoms with Gasteiger partial charge in [0, 0.05) is 17.5 Å². The first kappa shape index (κ1) is 16.1. The van der Waals surface area contributed by atoms with E-state index in [0.29, 0.717) is 0 Å². The van der Waals surface area contributed by atoms with E-state index < -0.39 is 0 Å². The number of aryl methyl sites for hydroxylation is 2. The van der Waals surface area contributed by atoms with Crippen LogP contribution in [-0.4, -0.2) is 10.7 Å². The lowest BCUT2D eigenvalue weighted by Crippen LogP contribution is -2.34. The Balaban J connectivity index is 1.62. The van der Waals surface area contributed by atoms with Crippen molar-refractivity contribution in [3.8, 4) is 5.75 Å². The van der Waals surface area contributed by atoms with Crippen molar-refractivity contribution in [1.29, 1.82) is 0 Å². The molecule has 0 saturated carbocycles. The Morgan fingerprint density at radius 1 is 0.889 bits per heavy atom. The second kappa shape index (κ2) is 6.27. The molecule has 0 radical (unpaired) electrons. The van der Waals surface area contributed by atoms with Gasteiger partial charge in [0.05, 0.1) is 11.8 Å². The Morgan fingerprint density at radius 2 is 1.67 bits per heavy atom. The molecule has 0 N–H and O–H groups in total. The summed E-state index contributed by atoms with van der Waals surface area (Å²) in [5.41, 5.74) is 7.20. The van der Waals surface area contributed by atoms with Gasteiger partial charge in [0.15, 0.2) is 0 Å². The molecule has 3 heteroatoms. The van der Waals surface area contributed by atoms with Gasteiger partial charge in [0.2, 0.25) is 6.23 Å². The van der Waals surface area contributed by atoms with Gasteiger partial charge >= 0.3 is 0 Å². The minimum Gasteiger partial charge on any atom is -0.464 e. The van der Waals surface area contributed by atoms with E-state index >= 15 is 0 Å². The number of ether oxygens (including phenoxy) is 1. The summed E-state index contributed by atoms with van der Waals surface area (Å²) < 4.78 is 6.46.